The Hall–Kier alpha value is -2.06. The minimum Gasteiger partial charge on any atom is -0.462 e. The Morgan fingerprint density at radius 2 is 1.16 bits per heavy atom. The molecule has 0 saturated heterocycles. The third kappa shape index (κ3) is 33.1. The average molecular weight is 657 g/mol. The smallest absolute Gasteiger partial charge is 0.462 e. The second-order valence-electron chi connectivity index (χ2n) is 11.5. The van der Waals surface area contributed by atoms with E-state index in [4.69, 9.17) is 19.3 Å². The maximum absolute atomic E-state index is 12.3. The standard InChI is InChI=1S/C35H61O9P/c1-3-5-7-9-11-12-13-14-16-20-25-29-35(38)44-33(31-43-45(39,40)41)30-42-34(37)28-24-21-17-19-23-27-32(36)26-22-18-15-10-8-6-4-2/h9,11,15,18,22,26,33H,3-8,10,12-14,16-17,19-21,23-25,27-31H2,1-2H3,(H2,39,40,41)/b11-9-,18-15-,26-22+/t33-/m1/s1. The molecule has 0 spiro atoms. The molecule has 1 atom stereocenters. The van der Waals surface area contributed by atoms with Crippen LogP contribution in [-0.2, 0) is 32.9 Å². The molecule has 2 N–H and O–H groups in total. The summed E-state index contributed by atoms with van der Waals surface area (Å²) in [5.74, 6) is -0.876. The first-order valence-electron chi connectivity index (χ1n) is 17.2. The number of unbranched alkanes of at least 4 members (excludes halogenated alkanes) is 14. The van der Waals surface area contributed by atoms with Gasteiger partial charge >= 0.3 is 19.8 Å². The van der Waals surface area contributed by atoms with Crippen molar-refractivity contribution in [2.75, 3.05) is 13.2 Å². The number of phosphoric acid groups is 1. The summed E-state index contributed by atoms with van der Waals surface area (Å²) in [5.41, 5.74) is 0. The minimum absolute atomic E-state index is 0.117. The van der Waals surface area contributed by atoms with Crippen molar-refractivity contribution >= 4 is 25.5 Å². The lowest BCUT2D eigenvalue weighted by Gasteiger charge is -2.18. The molecule has 0 aliphatic carbocycles. The van der Waals surface area contributed by atoms with Gasteiger partial charge in [-0.25, -0.2) is 4.57 Å². The van der Waals surface area contributed by atoms with Gasteiger partial charge in [0.15, 0.2) is 11.9 Å². The van der Waals surface area contributed by atoms with E-state index >= 15 is 0 Å². The normalized spacial score (nSPS) is 12.8. The highest BCUT2D eigenvalue weighted by molar-refractivity contribution is 7.46. The number of carbonyl (C=O) groups excluding carboxylic acids is 3. The maximum Gasteiger partial charge on any atom is 0.469 e. The predicted octanol–water partition coefficient (Wildman–Crippen LogP) is 9.02. The summed E-state index contributed by atoms with van der Waals surface area (Å²) in [6.45, 7) is 3.45. The van der Waals surface area contributed by atoms with E-state index in [0.29, 0.717) is 19.3 Å². The Bertz CT molecular complexity index is 892. The summed E-state index contributed by atoms with van der Waals surface area (Å²) in [7, 11) is -4.77. The van der Waals surface area contributed by atoms with Crippen LogP contribution < -0.4 is 0 Å². The van der Waals surface area contributed by atoms with Crippen molar-refractivity contribution in [3.63, 3.8) is 0 Å². The number of rotatable bonds is 31. The number of phosphoric ester groups is 1. The zero-order chi connectivity index (χ0) is 33.4. The number of esters is 2. The van der Waals surface area contributed by atoms with E-state index in [-0.39, 0.29) is 25.2 Å². The lowest BCUT2D eigenvalue weighted by atomic mass is 10.1. The third-order valence-electron chi connectivity index (χ3n) is 7.11. The lowest BCUT2D eigenvalue weighted by molar-refractivity contribution is -0.161. The monoisotopic (exact) mass is 656 g/mol. The Morgan fingerprint density at radius 3 is 1.80 bits per heavy atom. The molecule has 0 aromatic rings. The Kier molecular flexibility index (Phi) is 29.2. The Labute approximate surface area is 272 Å². The molecule has 0 amide bonds. The topological polar surface area (TPSA) is 136 Å². The van der Waals surface area contributed by atoms with Gasteiger partial charge in [-0.3, -0.25) is 18.9 Å². The van der Waals surface area contributed by atoms with Crippen LogP contribution in [0.1, 0.15) is 149 Å². The summed E-state index contributed by atoms with van der Waals surface area (Å²) < 4.78 is 26.1. The van der Waals surface area contributed by atoms with Gasteiger partial charge in [0.25, 0.3) is 0 Å². The van der Waals surface area contributed by atoms with E-state index in [1.807, 2.05) is 6.08 Å². The van der Waals surface area contributed by atoms with Gasteiger partial charge in [0.05, 0.1) is 6.61 Å². The van der Waals surface area contributed by atoms with Crippen LogP contribution in [-0.4, -0.2) is 46.8 Å². The number of hydrogen-bond acceptors (Lipinski definition) is 7. The number of allylic oxidation sites excluding steroid dienone is 6. The van der Waals surface area contributed by atoms with E-state index in [1.165, 1.54) is 32.1 Å². The van der Waals surface area contributed by atoms with E-state index in [9.17, 15) is 18.9 Å². The fraction of sp³-hybridized carbons (Fsp3) is 0.743. The first kappa shape index (κ1) is 42.9. The zero-order valence-corrected chi connectivity index (χ0v) is 28.9. The second kappa shape index (κ2) is 30.6. The van der Waals surface area contributed by atoms with Crippen molar-refractivity contribution in [3.05, 3.63) is 36.5 Å². The average Bonchev–Trinajstić information content (AvgIpc) is 2.99. The molecule has 0 rings (SSSR count). The van der Waals surface area contributed by atoms with Crippen LogP contribution in [0.25, 0.3) is 0 Å². The van der Waals surface area contributed by atoms with Crippen molar-refractivity contribution in [1.82, 2.24) is 0 Å². The molecule has 260 valence electrons. The molecule has 0 bridgehead atoms. The highest BCUT2D eigenvalue weighted by Crippen LogP contribution is 2.35. The molecular formula is C35H61O9P. The van der Waals surface area contributed by atoms with Crippen LogP contribution in [0.15, 0.2) is 36.5 Å². The number of hydrogen-bond donors (Lipinski definition) is 2. The van der Waals surface area contributed by atoms with Gasteiger partial charge in [0.1, 0.15) is 6.61 Å². The van der Waals surface area contributed by atoms with Crippen molar-refractivity contribution in [2.24, 2.45) is 0 Å². The summed E-state index contributed by atoms with van der Waals surface area (Å²) in [6.07, 6.45) is 29.8. The van der Waals surface area contributed by atoms with Crippen LogP contribution in [0.3, 0.4) is 0 Å². The van der Waals surface area contributed by atoms with Gasteiger partial charge in [0, 0.05) is 19.3 Å². The summed E-state index contributed by atoms with van der Waals surface area (Å²) in [6, 6.07) is 0. The van der Waals surface area contributed by atoms with E-state index < -0.39 is 32.5 Å². The Balaban J connectivity index is 4.11. The molecule has 0 heterocycles. The van der Waals surface area contributed by atoms with Gasteiger partial charge < -0.3 is 19.3 Å². The van der Waals surface area contributed by atoms with Gasteiger partial charge in [-0.15, -0.1) is 0 Å². The molecule has 9 nitrogen and oxygen atoms in total. The predicted molar refractivity (Wildman–Crippen MR) is 180 cm³/mol. The van der Waals surface area contributed by atoms with Crippen molar-refractivity contribution < 1.29 is 42.7 Å². The summed E-state index contributed by atoms with van der Waals surface area (Å²) >= 11 is 0. The van der Waals surface area contributed by atoms with E-state index in [2.05, 4.69) is 36.6 Å². The van der Waals surface area contributed by atoms with Gasteiger partial charge in [-0.1, -0.05) is 108 Å². The first-order valence-corrected chi connectivity index (χ1v) is 18.8. The van der Waals surface area contributed by atoms with Crippen LogP contribution in [0.5, 0.6) is 0 Å². The fourth-order valence-electron chi connectivity index (χ4n) is 4.45. The molecule has 0 aromatic carbocycles. The largest absolute Gasteiger partial charge is 0.469 e. The number of ketones is 1. The van der Waals surface area contributed by atoms with Crippen molar-refractivity contribution in [2.45, 2.75) is 155 Å². The zero-order valence-electron chi connectivity index (χ0n) is 28.0. The SMILES string of the molecule is CCCC/C=C\CCCCCCCC(=O)O[C@H](COC(=O)CCCCCCCC(=O)/C=C/C=C\CCCCC)COP(=O)(O)O. The fourth-order valence-corrected chi connectivity index (χ4v) is 4.81. The third-order valence-corrected chi connectivity index (χ3v) is 7.59. The number of ether oxygens (including phenoxy) is 2. The highest BCUT2D eigenvalue weighted by Gasteiger charge is 2.22. The molecule has 0 aromatic heterocycles. The van der Waals surface area contributed by atoms with Gasteiger partial charge in [-0.2, -0.15) is 0 Å². The van der Waals surface area contributed by atoms with Crippen molar-refractivity contribution in [3.8, 4) is 0 Å². The van der Waals surface area contributed by atoms with Gasteiger partial charge in [0.2, 0.25) is 0 Å². The summed E-state index contributed by atoms with van der Waals surface area (Å²) in [4.78, 5) is 54.4. The molecule has 0 radical (unpaired) electrons. The van der Waals surface area contributed by atoms with Crippen LogP contribution in [0.2, 0.25) is 0 Å². The highest BCUT2D eigenvalue weighted by atomic mass is 31.2. The maximum atomic E-state index is 12.3. The lowest BCUT2D eigenvalue weighted by Crippen LogP contribution is -2.29. The molecule has 10 heteroatoms. The molecule has 0 aliphatic rings. The second-order valence-corrected chi connectivity index (χ2v) is 12.8. The minimum atomic E-state index is -4.77. The van der Waals surface area contributed by atoms with E-state index in [0.717, 1.165) is 70.6 Å². The van der Waals surface area contributed by atoms with E-state index in [1.54, 1.807) is 12.2 Å². The van der Waals surface area contributed by atoms with Crippen LogP contribution in [0.4, 0.5) is 0 Å². The van der Waals surface area contributed by atoms with Crippen molar-refractivity contribution in [1.29, 1.82) is 0 Å². The molecule has 45 heavy (non-hydrogen) atoms. The number of carbonyl (C=O) groups is 3. The first-order chi connectivity index (χ1) is 21.7. The molecule has 0 aliphatic heterocycles. The Morgan fingerprint density at radius 1 is 0.622 bits per heavy atom. The van der Waals surface area contributed by atoms with Crippen LogP contribution >= 0.6 is 7.82 Å². The molecule has 0 unspecified atom stereocenters. The summed E-state index contributed by atoms with van der Waals surface area (Å²) in [5, 5.41) is 0. The van der Waals surface area contributed by atoms with Crippen LogP contribution in [0, 0.1) is 0 Å². The molecule has 0 saturated carbocycles. The quantitative estimate of drug-likeness (QED) is 0.0187. The molecule has 0 fully saturated rings. The molecular weight excluding hydrogens is 595 g/mol. The van der Waals surface area contributed by atoms with Gasteiger partial charge in [-0.05, 0) is 57.4 Å².